The summed E-state index contributed by atoms with van der Waals surface area (Å²) in [6.07, 6.45) is 67.8. The molecule has 0 unspecified atom stereocenters. The van der Waals surface area contributed by atoms with E-state index in [9.17, 15) is 19.2 Å². The summed E-state index contributed by atoms with van der Waals surface area (Å²) in [7, 11) is 0. The van der Waals surface area contributed by atoms with Crippen molar-refractivity contribution in [2.75, 3.05) is 78.5 Å². The summed E-state index contributed by atoms with van der Waals surface area (Å²) in [5.41, 5.74) is 0. The van der Waals surface area contributed by atoms with E-state index in [0.29, 0.717) is 45.3 Å². The molecule has 0 aliphatic rings. The SMILES string of the molecule is CCCCCCCCCCCCCCNC(=O)CCCCCN(CCC(=O)NCCCCCCCCCCCCCC)CCN(CCNCCC(=O)NCCCCCCCCCCCCCC)CCC(=O)NCCCCCCCCCCCCCC. The Labute approximate surface area is 536 Å². The van der Waals surface area contributed by atoms with E-state index in [1.165, 1.54) is 283 Å². The average Bonchev–Trinajstić information content (AvgIpc) is 3.52. The Hall–Kier alpha value is -2.24. The number of amides is 4. The smallest absolute Gasteiger partial charge is 0.221 e. The monoisotopic (exact) mass is 1210 g/mol. The van der Waals surface area contributed by atoms with Gasteiger partial charge in [-0.05, 0) is 45.1 Å². The van der Waals surface area contributed by atoms with Crippen LogP contribution < -0.4 is 26.6 Å². The van der Waals surface area contributed by atoms with Gasteiger partial charge in [-0.15, -0.1) is 0 Å². The quantitative estimate of drug-likeness (QED) is 0.0383. The Morgan fingerprint density at radius 3 is 0.721 bits per heavy atom. The predicted octanol–water partition coefficient (Wildman–Crippen LogP) is 19.2. The second kappa shape index (κ2) is 71.8. The topological polar surface area (TPSA) is 135 Å². The zero-order chi connectivity index (χ0) is 62.4. The van der Waals surface area contributed by atoms with Crippen LogP contribution in [0, 0.1) is 0 Å². The highest BCUT2D eigenvalue weighted by Crippen LogP contribution is 2.16. The van der Waals surface area contributed by atoms with Gasteiger partial charge in [0.2, 0.25) is 23.6 Å². The standard InChI is InChI=1S/C75H151N7O4/c1-5-9-13-17-21-25-29-33-37-41-45-51-60-77-72(83)56-50-49-55-66-81(67-58-74(85)79-62-53-47-43-39-35-31-27-23-19-15-11-7-3)70-71-82(68-59-75(86)80-63-54-48-44-40-36-32-28-24-20-16-12-8-4)69-65-76-64-57-73(84)78-61-52-46-42-38-34-30-26-22-18-14-10-6-2/h76H,5-71H2,1-4H3,(H,77,83)(H,78,84)(H,79,85)(H,80,86). The first kappa shape index (κ1) is 83.8. The van der Waals surface area contributed by atoms with E-state index in [2.05, 4.69) is 64.1 Å². The third-order valence-electron chi connectivity index (χ3n) is 18.0. The van der Waals surface area contributed by atoms with Crippen LogP contribution in [0.4, 0.5) is 0 Å². The van der Waals surface area contributed by atoms with Crippen LogP contribution in [0.3, 0.4) is 0 Å². The molecule has 0 rings (SSSR count). The maximum absolute atomic E-state index is 13.2. The molecule has 0 aliphatic heterocycles. The first-order valence-electron chi connectivity index (χ1n) is 38.6. The molecule has 0 aromatic rings. The van der Waals surface area contributed by atoms with Crippen molar-refractivity contribution in [3.63, 3.8) is 0 Å². The number of carbonyl (C=O) groups excluding carboxylic acids is 4. The van der Waals surface area contributed by atoms with Crippen molar-refractivity contribution in [2.45, 2.75) is 381 Å². The van der Waals surface area contributed by atoms with Crippen molar-refractivity contribution in [3.8, 4) is 0 Å². The molecular formula is C75H151N7O4. The summed E-state index contributed by atoms with van der Waals surface area (Å²) in [6.45, 7) is 18.2. The van der Waals surface area contributed by atoms with Crippen LogP contribution in [-0.4, -0.2) is 112 Å². The van der Waals surface area contributed by atoms with Gasteiger partial charge < -0.3 is 36.4 Å². The summed E-state index contributed by atoms with van der Waals surface area (Å²) >= 11 is 0. The molecule has 4 amide bonds. The minimum Gasteiger partial charge on any atom is -0.356 e. The molecule has 0 radical (unpaired) electrons. The lowest BCUT2D eigenvalue weighted by molar-refractivity contribution is -0.122. The minimum absolute atomic E-state index is 0.117. The lowest BCUT2D eigenvalue weighted by Crippen LogP contribution is -2.42. The minimum atomic E-state index is 0.117. The Kier molecular flexibility index (Phi) is 70.0. The first-order chi connectivity index (χ1) is 42.4. The Balaban J connectivity index is 5.19. The van der Waals surface area contributed by atoms with Crippen molar-refractivity contribution in [1.29, 1.82) is 0 Å². The number of rotatable bonds is 73. The zero-order valence-corrected chi connectivity index (χ0v) is 58.4. The summed E-state index contributed by atoms with van der Waals surface area (Å²) in [5.74, 6) is 0.543. The van der Waals surface area contributed by atoms with Gasteiger partial charge in [0.15, 0.2) is 0 Å². The lowest BCUT2D eigenvalue weighted by atomic mass is 10.1. The summed E-state index contributed by atoms with van der Waals surface area (Å²) in [5, 5.41) is 16.3. The van der Waals surface area contributed by atoms with Crippen molar-refractivity contribution >= 4 is 23.6 Å². The Morgan fingerprint density at radius 2 is 0.430 bits per heavy atom. The van der Waals surface area contributed by atoms with Gasteiger partial charge >= 0.3 is 0 Å². The fourth-order valence-electron chi connectivity index (χ4n) is 12.0. The average molecular weight is 1220 g/mol. The molecule has 0 aromatic carbocycles. The van der Waals surface area contributed by atoms with Crippen LogP contribution >= 0.6 is 0 Å². The van der Waals surface area contributed by atoms with E-state index < -0.39 is 0 Å². The van der Waals surface area contributed by atoms with Crippen LogP contribution in [0.5, 0.6) is 0 Å². The van der Waals surface area contributed by atoms with Crippen molar-refractivity contribution in [1.82, 2.24) is 36.4 Å². The molecule has 0 saturated heterocycles. The Morgan fingerprint density at radius 1 is 0.198 bits per heavy atom. The third kappa shape index (κ3) is 67.7. The molecule has 0 fully saturated rings. The summed E-state index contributed by atoms with van der Waals surface area (Å²) in [6, 6.07) is 0. The second-order valence-electron chi connectivity index (χ2n) is 26.5. The van der Waals surface area contributed by atoms with Gasteiger partial charge in [0, 0.05) is 97.7 Å². The van der Waals surface area contributed by atoms with Crippen LogP contribution in [0.25, 0.3) is 0 Å². The lowest BCUT2D eigenvalue weighted by Gasteiger charge is -2.28. The molecular weight excluding hydrogens is 1060 g/mol. The van der Waals surface area contributed by atoms with Crippen LogP contribution in [0.1, 0.15) is 381 Å². The van der Waals surface area contributed by atoms with Gasteiger partial charge in [0.05, 0.1) is 0 Å². The number of hydrogen-bond acceptors (Lipinski definition) is 7. The molecule has 0 saturated carbocycles. The molecule has 0 aliphatic carbocycles. The molecule has 86 heavy (non-hydrogen) atoms. The number of nitrogens with one attached hydrogen (secondary N) is 5. The van der Waals surface area contributed by atoms with Gasteiger partial charge in [-0.3, -0.25) is 19.2 Å². The maximum Gasteiger partial charge on any atom is 0.221 e. The van der Waals surface area contributed by atoms with E-state index in [4.69, 9.17) is 0 Å². The highest BCUT2D eigenvalue weighted by atomic mass is 16.2. The Bertz CT molecular complexity index is 1300. The summed E-state index contributed by atoms with van der Waals surface area (Å²) in [4.78, 5) is 56.8. The van der Waals surface area contributed by atoms with E-state index >= 15 is 0 Å². The molecule has 0 spiro atoms. The van der Waals surface area contributed by atoms with Crippen LogP contribution in [0.2, 0.25) is 0 Å². The second-order valence-corrected chi connectivity index (χ2v) is 26.5. The number of carbonyl (C=O) groups is 4. The van der Waals surface area contributed by atoms with Crippen LogP contribution in [-0.2, 0) is 19.2 Å². The molecule has 0 bridgehead atoms. The van der Waals surface area contributed by atoms with E-state index in [1.54, 1.807) is 0 Å². The van der Waals surface area contributed by atoms with E-state index in [-0.39, 0.29) is 23.6 Å². The molecule has 11 nitrogen and oxygen atoms in total. The highest BCUT2D eigenvalue weighted by molar-refractivity contribution is 5.77. The largest absolute Gasteiger partial charge is 0.356 e. The molecule has 0 aromatic heterocycles. The predicted molar refractivity (Wildman–Crippen MR) is 374 cm³/mol. The number of nitrogens with zero attached hydrogens (tertiary/aromatic N) is 2. The molecule has 0 heterocycles. The van der Waals surface area contributed by atoms with Crippen molar-refractivity contribution < 1.29 is 19.2 Å². The fraction of sp³-hybridized carbons (Fsp3) is 0.947. The van der Waals surface area contributed by atoms with E-state index in [1.807, 2.05) is 0 Å². The van der Waals surface area contributed by atoms with Gasteiger partial charge in [0.25, 0.3) is 0 Å². The van der Waals surface area contributed by atoms with Gasteiger partial charge in [-0.25, -0.2) is 0 Å². The number of hydrogen-bond donors (Lipinski definition) is 5. The first-order valence-corrected chi connectivity index (χ1v) is 38.6. The molecule has 5 N–H and O–H groups in total. The van der Waals surface area contributed by atoms with Gasteiger partial charge in [0.1, 0.15) is 0 Å². The normalized spacial score (nSPS) is 11.6. The summed E-state index contributed by atoms with van der Waals surface area (Å²) < 4.78 is 0. The van der Waals surface area contributed by atoms with Crippen molar-refractivity contribution in [3.05, 3.63) is 0 Å². The number of unbranched alkanes of at least 4 members (excludes halogenated alkanes) is 46. The maximum atomic E-state index is 13.2. The zero-order valence-electron chi connectivity index (χ0n) is 58.4. The molecule has 11 heteroatoms. The third-order valence-corrected chi connectivity index (χ3v) is 18.0. The van der Waals surface area contributed by atoms with Gasteiger partial charge in [-0.1, -0.05) is 317 Å². The van der Waals surface area contributed by atoms with E-state index in [0.717, 1.165) is 104 Å². The molecule has 510 valence electrons. The van der Waals surface area contributed by atoms with Gasteiger partial charge in [-0.2, -0.15) is 0 Å². The molecule has 0 atom stereocenters. The van der Waals surface area contributed by atoms with Crippen molar-refractivity contribution in [2.24, 2.45) is 0 Å². The highest BCUT2D eigenvalue weighted by Gasteiger charge is 2.14. The van der Waals surface area contributed by atoms with Crippen LogP contribution in [0.15, 0.2) is 0 Å². The fourth-order valence-corrected chi connectivity index (χ4v) is 12.0.